The van der Waals surface area contributed by atoms with Crippen LogP contribution in [-0.2, 0) is 13.0 Å². The van der Waals surface area contributed by atoms with E-state index in [1.807, 2.05) is 28.8 Å². The molecule has 0 radical (unpaired) electrons. The van der Waals surface area contributed by atoms with E-state index >= 15 is 0 Å². The predicted octanol–water partition coefficient (Wildman–Crippen LogP) is 5.48. The first-order valence-electron chi connectivity index (χ1n) is 8.85. The molecular weight excluding hydrogens is 361 g/mol. The highest BCUT2D eigenvalue weighted by molar-refractivity contribution is 6.33. The van der Waals surface area contributed by atoms with Crippen molar-refractivity contribution in [2.75, 3.05) is 0 Å². The van der Waals surface area contributed by atoms with E-state index in [0.717, 1.165) is 40.0 Å². The Balaban J connectivity index is 1.92. The third-order valence-electron chi connectivity index (χ3n) is 4.82. The molecule has 0 spiro atoms. The molecule has 2 N–H and O–H groups in total. The lowest BCUT2D eigenvalue weighted by atomic mass is 9.99. The van der Waals surface area contributed by atoms with Gasteiger partial charge in [-0.3, -0.25) is 4.40 Å². The molecular formula is C22H19ClFN3. The molecule has 136 valence electrons. The maximum absolute atomic E-state index is 13.3. The number of rotatable bonds is 4. The van der Waals surface area contributed by atoms with Crippen molar-refractivity contribution in [1.29, 1.82) is 0 Å². The Hall–Kier alpha value is -2.69. The van der Waals surface area contributed by atoms with Gasteiger partial charge in [0.2, 0.25) is 0 Å². The van der Waals surface area contributed by atoms with Gasteiger partial charge in [-0.1, -0.05) is 30.7 Å². The second-order valence-corrected chi connectivity index (χ2v) is 6.87. The quantitative estimate of drug-likeness (QED) is 0.510. The number of nitrogens with zero attached hydrogens (tertiary/aromatic N) is 2. The van der Waals surface area contributed by atoms with Crippen LogP contribution in [0.3, 0.4) is 0 Å². The van der Waals surface area contributed by atoms with Crippen LogP contribution in [0.2, 0.25) is 5.02 Å². The van der Waals surface area contributed by atoms with Crippen LogP contribution in [0.5, 0.6) is 0 Å². The maximum Gasteiger partial charge on any atom is 0.137 e. The number of aromatic nitrogens is 2. The molecule has 0 atom stereocenters. The fourth-order valence-electron chi connectivity index (χ4n) is 3.31. The minimum Gasteiger partial charge on any atom is -0.326 e. The molecule has 2 heterocycles. The summed E-state index contributed by atoms with van der Waals surface area (Å²) in [5.74, 6) is -0.263. The molecule has 4 rings (SSSR count). The maximum atomic E-state index is 13.3. The molecule has 0 amide bonds. The van der Waals surface area contributed by atoms with Gasteiger partial charge in [-0.15, -0.1) is 0 Å². The first-order chi connectivity index (χ1) is 13.1. The summed E-state index contributed by atoms with van der Waals surface area (Å²) in [6.45, 7) is 2.49. The van der Waals surface area contributed by atoms with E-state index in [1.165, 1.54) is 17.7 Å². The normalized spacial score (nSPS) is 11.3. The number of halogens is 2. The molecule has 0 saturated heterocycles. The lowest BCUT2D eigenvalue weighted by Crippen LogP contribution is -2.02. The number of fused-ring (bicyclic) bond motifs is 1. The number of hydrogen-bond donors (Lipinski definition) is 1. The highest BCUT2D eigenvalue weighted by Crippen LogP contribution is 2.33. The Morgan fingerprint density at radius 2 is 1.85 bits per heavy atom. The largest absolute Gasteiger partial charge is 0.326 e. The zero-order valence-corrected chi connectivity index (χ0v) is 15.7. The fourth-order valence-corrected chi connectivity index (χ4v) is 3.61. The van der Waals surface area contributed by atoms with Crippen LogP contribution in [0.25, 0.3) is 28.0 Å². The summed E-state index contributed by atoms with van der Waals surface area (Å²) in [6.07, 6.45) is 4.73. The smallest absolute Gasteiger partial charge is 0.137 e. The molecule has 0 saturated carbocycles. The number of hydrogen-bond acceptors (Lipinski definition) is 2. The van der Waals surface area contributed by atoms with Crippen LogP contribution in [-0.4, -0.2) is 9.38 Å². The summed E-state index contributed by atoms with van der Waals surface area (Å²) in [6, 6.07) is 14.5. The Bertz CT molecular complexity index is 1120. The molecule has 27 heavy (non-hydrogen) atoms. The van der Waals surface area contributed by atoms with Crippen molar-refractivity contribution in [3.63, 3.8) is 0 Å². The molecule has 3 nitrogen and oxygen atoms in total. The standard InChI is InChI=1S/C22H19ClFN3/c1-2-14-3-8-18(20(23)9-14)19-13-27-21(15-4-6-17(24)7-5-15)12-26-22(27)10-16(19)11-25/h3-10,12-13H,2,11,25H2,1H3. The van der Waals surface area contributed by atoms with Crippen LogP contribution in [0.1, 0.15) is 18.1 Å². The highest BCUT2D eigenvalue weighted by Gasteiger charge is 2.14. The second kappa shape index (κ2) is 7.14. The van der Waals surface area contributed by atoms with Crippen LogP contribution < -0.4 is 5.73 Å². The van der Waals surface area contributed by atoms with Gasteiger partial charge in [-0.25, -0.2) is 9.37 Å². The van der Waals surface area contributed by atoms with Gasteiger partial charge >= 0.3 is 0 Å². The first-order valence-corrected chi connectivity index (χ1v) is 9.23. The van der Waals surface area contributed by atoms with Gasteiger partial charge in [0.05, 0.1) is 11.9 Å². The Kier molecular flexibility index (Phi) is 4.68. The first kappa shape index (κ1) is 17.7. The van der Waals surface area contributed by atoms with Gasteiger partial charge in [-0.2, -0.15) is 0 Å². The summed E-state index contributed by atoms with van der Waals surface area (Å²) in [7, 11) is 0. The molecule has 0 aliphatic rings. The van der Waals surface area contributed by atoms with E-state index < -0.39 is 0 Å². The summed E-state index contributed by atoms with van der Waals surface area (Å²) in [5, 5.41) is 0.701. The molecule has 0 fully saturated rings. The monoisotopic (exact) mass is 379 g/mol. The zero-order chi connectivity index (χ0) is 19.0. The molecule has 0 aliphatic carbocycles. The van der Waals surface area contributed by atoms with E-state index in [2.05, 4.69) is 18.0 Å². The fraction of sp³-hybridized carbons (Fsp3) is 0.136. The lowest BCUT2D eigenvalue weighted by Gasteiger charge is -2.13. The minimum absolute atomic E-state index is 0.263. The summed E-state index contributed by atoms with van der Waals surface area (Å²) >= 11 is 6.56. The van der Waals surface area contributed by atoms with Gasteiger partial charge in [0.1, 0.15) is 11.5 Å². The summed E-state index contributed by atoms with van der Waals surface area (Å²) in [4.78, 5) is 4.49. The van der Waals surface area contributed by atoms with E-state index in [0.29, 0.717) is 11.6 Å². The summed E-state index contributed by atoms with van der Waals surface area (Å²) < 4.78 is 15.3. The summed E-state index contributed by atoms with van der Waals surface area (Å²) in [5.41, 5.74) is 12.6. The van der Waals surface area contributed by atoms with Gasteiger partial charge in [0, 0.05) is 34.5 Å². The van der Waals surface area contributed by atoms with Crippen molar-refractivity contribution in [3.05, 3.63) is 82.9 Å². The van der Waals surface area contributed by atoms with Gasteiger partial charge in [0.25, 0.3) is 0 Å². The molecule has 2 aromatic heterocycles. The van der Waals surface area contributed by atoms with Crippen molar-refractivity contribution < 1.29 is 4.39 Å². The van der Waals surface area contributed by atoms with Crippen molar-refractivity contribution >= 4 is 17.2 Å². The Morgan fingerprint density at radius 1 is 1.07 bits per heavy atom. The highest BCUT2D eigenvalue weighted by atomic mass is 35.5. The van der Waals surface area contributed by atoms with Crippen molar-refractivity contribution in [3.8, 4) is 22.4 Å². The average Bonchev–Trinajstić information content (AvgIpc) is 3.10. The third-order valence-corrected chi connectivity index (χ3v) is 5.14. The van der Waals surface area contributed by atoms with Crippen molar-refractivity contribution in [2.45, 2.75) is 19.9 Å². The zero-order valence-electron chi connectivity index (χ0n) is 14.9. The Labute approximate surface area is 162 Å². The molecule has 5 heteroatoms. The van der Waals surface area contributed by atoms with Crippen LogP contribution in [0.4, 0.5) is 4.39 Å². The third kappa shape index (κ3) is 3.22. The van der Waals surface area contributed by atoms with Crippen LogP contribution >= 0.6 is 11.6 Å². The van der Waals surface area contributed by atoms with Crippen LogP contribution in [0.15, 0.2) is 60.9 Å². The van der Waals surface area contributed by atoms with Gasteiger partial charge < -0.3 is 5.73 Å². The van der Waals surface area contributed by atoms with Crippen molar-refractivity contribution in [2.24, 2.45) is 5.73 Å². The minimum atomic E-state index is -0.263. The number of pyridine rings is 1. The molecule has 0 bridgehead atoms. The van der Waals surface area contributed by atoms with E-state index in [-0.39, 0.29) is 5.82 Å². The number of benzene rings is 2. The molecule has 0 unspecified atom stereocenters. The number of nitrogens with two attached hydrogens (primary N) is 1. The van der Waals surface area contributed by atoms with E-state index in [9.17, 15) is 4.39 Å². The molecule has 0 aliphatic heterocycles. The Morgan fingerprint density at radius 3 is 2.52 bits per heavy atom. The van der Waals surface area contributed by atoms with Crippen molar-refractivity contribution in [1.82, 2.24) is 9.38 Å². The molecule has 4 aromatic rings. The SMILES string of the molecule is CCc1ccc(-c2cn3c(-c4ccc(F)cc4)cnc3cc2CN)c(Cl)c1. The van der Waals surface area contributed by atoms with E-state index in [1.54, 1.807) is 18.3 Å². The average molecular weight is 380 g/mol. The predicted molar refractivity (Wildman–Crippen MR) is 108 cm³/mol. The topological polar surface area (TPSA) is 43.3 Å². The van der Waals surface area contributed by atoms with E-state index in [4.69, 9.17) is 17.3 Å². The number of imidazole rings is 1. The lowest BCUT2D eigenvalue weighted by molar-refractivity contribution is 0.628. The number of aryl methyl sites for hydroxylation is 1. The van der Waals surface area contributed by atoms with Gasteiger partial charge in [0.15, 0.2) is 0 Å². The van der Waals surface area contributed by atoms with Crippen LogP contribution in [0, 0.1) is 5.82 Å². The molecule has 2 aromatic carbocycles. The van der Waals surface area contributed by atoms with Gasteiger partial charge in [-0.05, 0) is 53.9 Å². The second-order valence-electron chi connectivity index (χ2n) is 6.46.